The van der Waals surface area contributed by atoms with Gasteiger partial charge in [0.2, 0.25) is 0 Å². The molecule has 100 valence electrons. The van der Waals surface area contributed by atoms with Crippen molar-refractivity contribution < 1.29 is 14.0 Å². The van der Waals surface area contributed by atoms with Crippen LogP contribution >= 0.6 is 0 Å². The smallest absolute Gasteiger partial charge is 0.291 e. The molecule has 2 atom stereocenters. The molecule has 2 fully saturated rings. The van der Waals surface area contributed by atoms with Crippen molar-refractivity contribution in [3.05, 3.63) is 35.4 Å². The molecular weight excluding hydrogens is 242 g/mol. The van der Waals surface area contributed by atoms with Gasteiger partial charge in [0.1, 0.15) is 0 Å². The molecule has 0 radical (unpaired) electrons. The number of carbonyl (C=O) groups is 2. The average molecular weight is 259 g/mol. The van der Waals surface area contributed by atoms with E-state index in [1.807, 2.05) is 0 Å². The van der Waals surface area contributed by atoms with E-state index >= 15 is 0 Å². The Bertz CT molecular complexity index is 581. The number of nitrogens with one attached hydrogen (secondary N) is 1. The summed E-state index contributed by atoms with van der Waals surface area (Å²) in [5, 5.41) is 2.78. The van der Waals surface area contributed by atoms with E-state index in [1.165, 1.54) is 6.26 Å². The van der Waals surface area contributed by atoms with E-state index in [4.69, 9.17) is 4.42 Å². The third-order valence-corrected chi connectivity index (χ3v) is 4.52. The molecule has 0 aromatic carbocycles. The van der Waals surface area contributed by atoms with E-state index in [9.17, 15) is 9.59 Å². The standard InChI is InChI=1S/C15H17NO3/c1-8(16-14(18)11-5-4-6-19-11)12-10(17)7-9-13(12)15(9,2)3/h4-6,9,13H,7H2,1-3H3,(H,16,18)/b12-8+/t9-,13-/m1/s1. The summed E-state index contributed by atoms with van der Waals surface area (Å²) in [5.41, 5.74) is 1.67. The summed E-state index contributed by atoms with van der Waals surface area (Å²) < 4.78 is 5.04. The molecule has 1 amide bonds. The first-order valence-corrected chi connectivity index (χ1v) is 6.51. The maximum absolute atomic E-state index is 12.0. The van der Waals surface area contributed by atoms with Crippen LogP contribution in [0.4, 0.5) is 0 Å². The van der Waals surface area contributed by atoms with Crippen molar-refractivity contribution in [2.24, 2.45) is 17.3 Å². The molecule has 4 heteroatoms. The number of furan rings is 1. The predicted molar refractivity (Wildman–Crippen MR) is 69.3 cm³/mol. The molecule has 1 aromatic heterocycles. The Morgan fingerprint density at radius 2 is 2.21 bits per heavy atom. The summed E-state index contributed by atoms with van der Waals surface area (Å²) in [4.78, 5) is 23.9. The highest BCUT2D eigenvalue weighted by atomic mass is 16.3. The lowest BCUT2D eigenvalue weighted by Crippen LogP contribution is -2.24. The molecular formula is C15H17NO3. The zero-order valence-corrected chi connectivity index (χ0v) is 11.3. The molecule has 2 aliphatic carbocycles. The second kappa shape index (κ2) is 3.83. The number of allylic oxidation sites excluding steroid dienone is 2. The minimum Gasteiger partial charge on any atom is -0.459 e. The van der Waals surface area contributed by atoms with Gasteiger partial charge in [-0.25, -0.2) is 0 Å². The fourth-order valence-corrected chi connectivity index (χ4v) is 3.33. The molecule has 3 rings (SSSR count). The van der Waals surface area contributed by atoms with Crippen molar-refractivity contribution in [1.29, 1.82) is 0 Å². The number of carbonyl (C=O) groups excluding carboxylic acids is 2. The van der Waals surface area contributed by atoms with Crippen molar-refractivity contribution in [1.82, 2.24) is 5.32 Å². The molecule has 1 N–H and O–H groups in total. The molecule has 0 bridgehead atoms. The summed E-state index contributed by atoms with van der Waals surface area (Å²) >= 11 is 0. The van der Waals surface area contributed by atoms with Gasteiger partial charge >= 0.3 is 0 Å². The van der Waals surface area contributed by atoms with Crippen molar-refractivity contribution in [3.8, 4) is 0 Å². The minimum absolute atomic E-state index is 0.173. The molecule has 2 aliphatic rings. The maximum Gasteiger partial charge on any atom is 0.291 e. The van der Waals surface area contributed by atoms with Gasteiger partial charge in [-0.2, -0.15) is 0 Å². The van der Waals surface area contributed by atoms with E-state index in [-0.39, 0.29) is 22.9 Å². The van der Waals surface area contributed by atoms with Gasteiger partial charge in [0.15, 0.2) is 11.5 Å². The van der Waals surface area contributed by atoms with E-state index in [0.717, 1.165) is 5.57 Å². The molecule has 1 heterocycles. The third kappa shape index (κ3) is 1.74. The van der Waals surface area contributed by atoms with Gasteiger partial charge in [0.05, 0.1) is 6.26 Å². The van der Waals surface area contributed by atoms with Crippen molar-refractivity contribution in [2.45, 2.75) is 27.2 Å². The van der Waals surface area contributed by atoms with Gasteiger partial charge in [0, 0.05) is 17.7 Å². The first-order chi connectivity index (χ1) is 8.93. The number of amides is 1. The van der Waals surface area contributed by atoms with E-state index in [2.05, 4.69) is 19.2 Å². The van der Waals surface area contributed by atoms with Crippen LogP contribution in [0.15, 0.2) is 34.1 Å². The highest BCUT2D eigenvalue weighted by Gasteiger charge is 2.65. The largest absolute Gasteiger partial charge is 0.459 e. The molecule has 0 aliphatic heterocycles. The molecule has 1 aromatic rings. The molecule has 19 heavy (non-hydrogen) atoms. The van der Waals surface area contributed by atoms with Crippen molar-refractivity contribution in [2.75, 3.05) is 0 Å². The highest BCUT2D eigenvalue weighted by molar-refractivity contribution is 6.02. The SMILES string of the molecule is C/C(NC(=O)c1ccco1)=C1/C(=O)C[C@@H]2[C@H]1C2(C)C. The van der Waals surface area contributed by atoms with E-state index in [0.29, 0.717) is 24.0 Å². The summed E-state index contributed by atoms with van der Waals surface area (Å²) in [7, 11) is 0. The Kier molecular flexibility index (Phi) is 2.46. The van der Waals surface area contributed by atoms with Gasteiger partial charge in [-0.3, -0.25) is 9.59 Å². The van der Waals surface area contributed by atoms with Crippen LogP contribution in [0, 0.1) is 17.3 Å². The number of ketones is 1. The average Bonchev–Trinajstić information content (AvgIpc) is 2.82. The topological polar surface area (TPSA) is 59.3 Å². The predicted octanol–water partition coefficient (Wildman–Crippen LogP) is 2.53. The van der Waals surface area contributed by atoms with Crippen LogP contribution < -0.4 is 5.32 Å². The minimum atomic E-state index is -0.301. The third-order valence-electron chi connectivity index (χ3n) is 4.52. The lowest BCUT2D eigenvalue weighted by Gasteiger charge is -2.13. The molecule has 2 saturated carbocycles. The van der Waals surface area contributed by atoms with Crippen LogP contribution in [0.1, 0.15) is 37.7 Å². The van der Waals surface area contributed by atoms with Crippen molar-refractivity contribution >= 4 is 11.7 Å². The monoisotopic (exact) mass is 259 g/mol. The Labute approximate surface area is 111 Å². The quantitative estimate of drug-likeness (QED) is 0.830. The lowest BCUT2D eigenvalue weighted by molar-refractivity contribution is -0.115. The Hall–Kier alpha value is -1.84. The van der Waals surface area contributed by atoms with Gasteiger partial charge in [0.25, 0.3) is 5.91 Å². The maximum atomic E-state index is 12.0. The molecule has 0 spiro atoms. The van der Waals surface area contributed by atoms with E-state index < -0.39 is 0 Å². The van der Waals surface area contributed by atoms with Crippen LogP contribution in [0.25, 0.3) is 0 Å². The highest BCUT2D eigenvalue weighted by Crippen LogP contribution is 2.68. The van der Waals surface area contributed by atoms with Crippen LogP contribution in [-0.2, 0) is 4.79 Å². The second-order valence-electron chi connectivity index (χ2n) is 6.00. The van der Waals surface area contributed by atoms with Crippen LogP contribution in [0.2, 0.25) is 0 Å². The van der Waals surface area contributed by atoms with Gasteiger partial charge in [-0.1, -0.05) is 13.8 Å². The first kappa shape index (κ1) is 12.2. The molecule has 0 unspecified atom stereocenters. The number of hydrogen-bond donors (Lipinski definition) is 1. The number of rotatable bonds is 2. The summed E-state index contributed by atoms with van der Waals surface area (Å²) in [6.07, 6.45) is 2.07. The number of fused-ring (bicyclic) bond motifs is 1. The second-order valence-corrected chi connectivity index (χ2v) is 6.00. The lowest BCUT2D eigenvalue weighted by atomic mass is 9.95. The molecule has 0 saturated heterocycles. The van der Waals surface area contributed by atoms with E-state index in [1.54, 1.807) is 19.1 Å². The zero-order valence-electron chi connectivity index (χ0n) is 11.3. The summed E-state index contributed by atoms with van der Waals surface area (Å²) in [6.45, 7) is 6.15. The van der Waals surface area contributed by atoms with Crippen LogP contribution in [0.3, 0.4) is 0 Å². The van der Waals surface area contributed by atoms with Gasteiger partial charge in [-0.15, -0.1) is 0 Å². The first-order valence-electron chi connectivity index (χ1n) is 6.51. The summed E-state index contributed by atoms with van der Waals surface area (Å²) in [6, 6.07) is 3.27. The number of Topliss-reactive ketones (excluding diaryl/α,β-unsaturated/α-hetero) is 1. The normalized spacial score (nSPS) is 29.9. The zero-order chi connectivity index (χ0) is 13.8. The fraction of sp³-hybridized carbons (Fsp3) is 0.467. The van der Waals surface area contributed by atoms with Crippen molar-refractivity contribution in [3.63, 3.8) is 0 Å². The van der Waals surface area contributed by atoms with Crippen LogP contribution in [-0.4, -0.2) is 11.7 Å². The Morgan fingerprint density at radius 3 is 2.79 bits per heavy atom. The molecule has 4 nitrogen and oxygen atoms in total. The fourth-order valence-electron chi connectivity index (χ4n) is 3.33. The van der Waals surface area contributed by atoms with Crippen LogP contribution in [0.5, 0.6) is 0 Å². The Morgan fingerprint density at radius 1 is 1.47 bits per heavy atom. The Balaban J connectivity index is 1.83. The summed E-state index contributed by atoms with van der Waals surface area (Å²) in [5.74, 6) is 0.885. The van der Waals surface area contributed by atoms with Gasteiger partial charge < -0.3 is 9.73 Å². The number of hydrogen-bond acceptors (Lipinski definition) is 3. The van der Waals surface area contributed by atoms with Gasteiger partial charge in [-0.05, 0) is 36.3 Å².